The molecular formula is C52H39N5O. The van der Waals surface area contributed by atoms with E-state index in [4.69, 9.17) is 14.7 Å². The lowest BCUT2D eigenvalue weighted by molar-refractivity contribution is 0.483. The van der Waals surface area contributed by atoms with Crippen LogP contribution in [0.2, 0.25) is 0 Å². The highest BCUT2D eigenvalue weighted by Crippen LogP contribution is 2.39. The third-order valence-corrected chi connectivity index (χ3v) is 11.4. The highest BCUT2D eigenvalue weighted by Gasteiger charge is 2.20. The number of fused-ring (bicyclic) bond motifs is 7. The van der Waals surface area contributed by atoms with Crippen LogP contribution < -0.4 is 4.74 Å². The number of rotatable bonds is 6. The van der Waals surface area contributed by atoms with E-state index in [1.54, 1.807) is 0 Å². The summed E-state index contributed by atoms with van der Waals surface area (Å²) in [5, 5.41) is 4.76. The van der Waals surface area contributed by atoms with E-state index < -0.39 is 0 Å². The van der Waals surface area contributed by atoms with Crippen LogP contribution >= 0.6 is 0 Å². The van der Waals surface area contributed by atoms with Gasteiger partial charge in [0.05, 0.1) is 38.8 Å². The molecule has 0 aliphatic heterocycles. The second-order valence-corrected chi connectivity index (χ2v) is 16.0. The topological polar surface area (TPSA) is 49.8 Å². The quantitative estimate of drug-likeness (QED) is 0.170. The number of nitrogens with zero attached hydrogens (tertiary/aromatic N) is 5. The minimum atomic E-state index is -0.0386. The van der Waals surface area contributed by atoms with Crippen molar-refractivity contribution in [3.8, 4) is 39.8 Å². The van der Waals surface area contributed by atoms with E-state index in [1.165, 1.54) is 27.4 Å². The molecule has 0 spiro atoms. The fourth-order valence-corrected chi connectivity index (χ4v) is 8.57. The van der Waals surface area contributed by atoms with Crippen LogP contribution in [0, 0.1) is 0 Å². The predicted molar refractivity (Wildman–Crippen MR) is 238 cm³/mol. The molecule has 0 N–H and O–H groups in total. The summed E-state index contributed by atoms with van der Waals surface area (Å²) in [5.41, 5.74) is 12.0. The number of aromatic nitrogens is 5. The van der Waals surface area contributed by atoms with Crippen molar-refractivity contribution in [2.45, 2.75) is 26.2 Å². The molecule has 58 heavy (non-hydrogen) atoms. The Kier molecular flexibility index (Phi) is 7.63. The minimum absolute atomic E-state index is 0.0386. The molecule has 0 bridgehead atoms. The average Bonchev–Trinajstić information content (AvgIpc) is 3.94. The van der Waals surface area contributed by atoms with Crippen LogP contribution in [0.5, 0.6) is 11.5 Å². The Balaban J connectivity index is 1.04. The SMILES string of the molecule is CC(C)(C)c1ccnc(-n2c3ccc(-n4c5ccccc5c5ccccc54)cc3c3ccc(Oc4cccc(-n5cnc6c(-c7ccccc7)cccc65)c4)cc32)c1. The third-order valence-electron chi connectivity index (χ3n) is 11.4. The Morgan fingerprint density at radius 3 is 1.95 bits per heavy atom. The Bertz CT molecular complexity index is 3310. The van der Waals surface area contributed by atoms with Gasteiger partial charge in [-0.1, -0.05) is 106 Å². The van der Waals surface area contributed by atoms with Crippen molar-refractivity contribution in [2.24, 2.45) is 0 Å². The van der Waals surface area contributed by atoms with E-state index in [2.05, 4.69) is 186 Å². The summed E-state index contributed by atoms with van der Waals surface area (Å²) < 4.78 is 13.5. The molecule has 7 aromatic carbocycles. The third kappa shape index (κ3) is 5.48. The molecule has 278 valence electrons. The predicted octanol–water partition coefficient (Wildman–Crippen LogP) is 13.4. The molecule has 0 amide bonds. The summed E-state index contributed by atoms with van der Waals surface area (Å²) >= 11 is 0. The second-order valence-electron chi connectivity index (χ2n) is 16.0. The van der Waals surface area contributed by atoms with E-state index in [0.29, 0.717) is 0 Å². The molecule has 11 rings (SSSR count). The van der Waals surface area contributed by atoms with Gasteiger partial charge in [-0.3, -0.25) is 9.13 Å². The lowest BCUT2D eigenvalue weighted by atomic mass is 9.88. The van der Waals surface area contributed by atoms with Gasteiger partial charge in [-0.25, -0.2) is 9.97 Å². The zero-order valence-electron chi connectivity index (χ0n) is 32.5. The molecular weight excluding hydrogens is 711 g/mol. The zero-order chi connectivity index (χ0) is 39.0. The van der Waals surface area contributed by atoms with E-state index in [0.717, 1.165) is 72.7 Å². The molecule has 0 aliphatic rings. The number of ether oxygens (including phenoxy) is 1. The minimum Gasteiger partial charge on any atom is -0.457 e. The van der Waals surface area contributed by atoms with E-state index in [1.807, 2.05) is 30.7 Å². The number of imidazole rings is 1. The summed E-state index contributed by atoms with van der Waals surface area (Å²) in [5.74, 6) is 2.35. The summed E-state index contributed by atoms with van der Waals surface area (Å²) in [6.07, 6.45) is 3.82. The Labute approximate surface area is 335 Å². The summed E-state index contributed by atoms with van der Waals surface area (Å²) in [6.45, 7) is 6.72. The Morgan fingerprint density at radius 2 is 1.16 bits per heavy atom. The molecule has 0 aliphatic carbocycles. The highest BCUT2D eigenvalue weighted by atomic mass is 16.5. The van der Waals surface area contributed by atoms with Gasteiger partial charge in [0.1, 0.15) is 23.6 Å². The molecule has 0 radical (unpaired) electrons. The van der Waals surface area contributed by atoms with Crippen molar-refractivity contribution in [3.63, 3.8) is 0 Å². The number of para-hydroxylation sites is 3. The normalized spacial score (nSPS) is 12.1. The molecule has 0 fully saturated rings. The van der Waals surface area contributed by atoms with Gasteiger partial charge in [0.25, 0.3) is 0 Å². The first-order valence-corrected chi connectivity index (χ1v) is 19.7. The highest BCUT2D eigenvalue weighted by molar-refractivity contribution is 6.12. The summed E-state index contributed by atoms with van der Waals surface area (Å²) in [6, 6.07) is 59.8. The van der Waals surface area contributed by atoms with Gasteiger partial charge in [-0.2, -0.15) is 0 Å². The monoisotopic (exact) mass is 749 g/mol. The zero-order valence-corrected chi connectivity index (χ0v) is 32.5. The van der Waals surface area contributed by atoms with E-state index in [9.17, 15) is 0 Å². The molecule has 6 nitrogen and oxygen atoms in total. The van der Waals surface area contributed by atoms with E-state index in [-0.39, 0.29) is 5.41 Å². The van der Waals surface area contributed by atoms with Crippen molar-refractivity contribution in [2.75, 3.05) is 0 Å². The lowest BCUT2D eigenvalue weighted by Crippen LogP contribution is -2.12. The number of benzene rings is 7. The van der Waals surface area contributed by atoms with Crippen molar-refractivity contribution in [3.05, 3.63) is 188 Å². The van der Waals surface area contributed by atoms with Gasteiger partial charge in [0.2, 0.25) is 0 Å². The maximum atomic E-state index is 6.70. The summed E-state index contributed by atoms with van der Waals surface area (Å²) in [4.78, 5) is 9.83. The first kappa shape index (κ1) is 33.9. The fraction of sp³-hybridized carbons (Fsp3) is 0.0769. The van der Waals surface area contributed by atoms with Crippen molar-refractivity contribution >= 4 is 54.6 Å². The van der Waals surface area contributed by atoms with Crippen LogP contribution in [0.3, 0.4) is 0 Å². The molecule has 0 atom stereocenters. The van der Waals surface area contributed by atoms with Crippen LogP contribution in [0.25, 0.3) is 83.0 Å². The second kappa shape index (κ2) is 13.1. The van der Waals surface area contributed by atoms with Gasteiger partial charge in [-0.15, -0.1) is 0 Å². The van der Waals surface area contributed by atoms with Crippen LogP contribution in [0.15, 0.2) is 182 Å². The smallest absolute Gasteiger partial charge is 0.137 e. The molecule has 6 heteroatoms. The van der Waals surface area contributed by atoms with Gasteiger partial charge >= 0.3 is 0 Å². The molecule has 0 saturated heterocycles. The van der Waals surface area contributed by atoms with Crippen LogP contribution in [0.1, 0.15) is 26.3 Å². The largest absolute Gasteiger partial charge is 0.457 e. The Hall–Kier alpha value is -7.44. The van der Waals surface area contributed by atoms with Gasteiger partial charge < -0.3 is 9.30 Å². The molecule has 0 saturated carbocycles. The van der Waals surface area contributed by atoms with Gasteiger partial charge in [-0.05, 0) is 89.3 Å². The summed E-state index contributed by atoms with van der Waals surface area (Å²) in [7, 11) is 0. The van der Waals surface area contributed by atoms with Gasteiger partial charge in [0, 0.05) is 51.1 Å². The molecule has 0 unspecified atom stereocenters. The number of pyridine rings is 1. The fourth-order valence-electron chi connectivity index (χ4n) is 8.57. The van der Waals surface area contributed by atoms with Crippen LogP contribution in [-0.4, -0.2) is 23.7 Å². The lowest BCUT2D eigenvalue weighted by Gasteiger charge is -2.20. The first-order chi connectivity index (χ1) is 28.4. The standard InChI is InChI=1S/C52H39N5O/c1-52(2,3)35-27-28-53-50(29-35)57-47-26-23-37(56-45-20-9-7-17-41(45)42-18-8-10-21-46(42)56)31-44(47)43-25-24-39(32-49(43)57)58-38-16-11-15-36(30-38)55-33-54-51-40(19-12-22-48(51)55)34-13-5-4-6-14-34/h4-33H,1-3H3. The maximum absolute atomic E-state index is 6.70. The van der Waals surface area contributed by atoms with Crippen molar-refractivity contribution < 1.29 is 4.74 Å². The molecule has 4 heterocycles. The van der Waals surface area contributed by atoms with Gasteiger partial charge in [0.15, 0.2) is 0 Å². The van der Waals surface area contributed by atoms with E-state index >= 15 is 0 Å². The molecule has 11 aromatic rings. The van der Waals surface area contributed by atoms with Crippen LogP contribution in [0.4, 0.5) is 0 Å². The number of hydrogen-bond donors (Lipinski definition) is 0. The first-order valence-electron chi connectivity index (χ1n) is 19.7. The van der Waals surface area contributed by atoms with Crippen molar-refractivity contribution in [1.82, 2.24) is 23.7 Å². The maximum Gasteiger partial charge on any atom is 0.137 e. The van der Waals surface area contributed by atoms with Crippen molar-refractivity contribution in [1.29, 1.82) is 0 Å². The molecule has 4 aromatic heterocycles. The van der Waals surface area contributed by atoms with Crippen LogP contribution in [-0.2, 0) is 5.41 Å². The Morgan fingerprint density at radius 1 is 0.466 bits per heavy atom. The number of hydrogen-bond acceptors (Lipinski definition) is 3. The average molecular weight is 750 g/mol.